The van der Waals surface area contributed by atoms with Gasteiger partial charge in [0.25, 0.3) is 0 Å². The molecule has 0 radical (unpaired) electrons. The van der Waals surface area contributed by atoms with Gasteiger partial charge in [-0.2, -0.15) is 0 Å². The summed E-state index contributed by atoms with van der Waals surface area (Å²) in [5, 5.41) is 11.7. The van der Waals surface area contributed by atoms with Gasteiger partial charge in [-0.05, 0) is 49.6 Å². The molecule has 1 aromatic rings. The van der Waals surface area contributed by atoms with E-state index in [0.717, 1.165) is 12.5 Å². The van der Waals surface area contributed by atoms with Gasteiger partial charge in [0.2, 0.25) is 5.91 Å². The fourth-order valence-corrected chi connectivity index (χ4v) is 4.00. The van der Waals surface area contributed by atoms with Crippen molar-refractivity contribution in [1.29, 1.82) is 0 Å². The molecule has 1 aliphatic rings. The number of carbonyl (C=O) groups excluding carboxylic acids is 1. The Morgan fingerprint density at radius 1 is 1.19 bits per heavy atom. The van der Waals surface area contributed by atoms with E-state index in [1.54, 1.807) is 11.3 Å². The van der Waals surface area contributed by atoms with Gasteiger partial charge >= 0.3 is 0 Å². The molecule has 7 heteroatoms. The van der Waals surface area contributed by atoms with Crippen LogP contribution in [-0.2, 0) is 11.3 Å². The van der Waals surface area contributed by atoms with Crippen LogP contribution in [0.15, 0.2) is 16.4 Å². The Kier molecular flexibility index (Phi) is 11.9. The summed E-state index contributed by atoms with van der Waals surface area (Å²) in [4.78, 5) is 17.9. The second kappa shape index (κ2) is 13.4. The molecule has 3 N–H and O–H groups in total. The van der Waals surface area contributed by atoms with E-state index in [9.17, 15) is 4.79 Å². The first kappa shape index (κ1) is 23.2. The van der Waals surface area contributed by atoms with Gasteiger partial charge in [0.05, 0.1) is 6.54 Å². The molecule has 1 heterocycles. The summed E-state index contributed by atoms with van der Waals surface area (Å²) in [5.74, 6) is 1.58. The van der Waals surface area contributed by atoms with Crippen LogP contribution in [0.4, 0.5) is 0 Å². The fourth-order valence-electron chi connectivity index (χ4n) is 3.17. The summed E-state index contributed by atoms with van der Waals surface area (Å²) in [6.07, 6.45) is 7.01. The van der Waals surface area contributed by atoms with E-state index < -0.39 is 0 Å². The lowest BCUT2D eigenvalue weighted by Gasteiger charge is -2.20. The van der Waals surface area contributed by atoms with Crippen LogP contribution < -0.4 is 16.0 Å². The highest BCUT2D eigenvalue weighted by molar-refractivity contribution is 14.0. The van der Waals surface area contributed by atoms with E-state index in [1.165, 1.54) is 42.5 Å². The zero-order valence-corrected chi connectivity index (χ0v) is 19.1. The monoisotopic (exact) mass is 492 g/mol. The molecule has 0 saturated heterocycles. The van der Waals surface area contributed by atoms with Crippen molar-refractivity contribution in [3.63, 3.8) is 0 Å². The van der Waals surface area contributed by atoms with Gasteiger partial charge in [0.1, 0.15) is 0 Å². The smallest absolute Gasteiger partial charge is 0.220 e. The molecule has 2 rings (SSSR count). The first-order valence-electron chi connectivity index (χ1n) is 9.51. The van der Waals surface area contributed by atoms with Crippen LogP contribution in [0.2, 0.25) is 0 Å². The summed E-state index contributed by atoms with van der Waals surface area (Å²) in [6, 6.07) is 2.12. The number of thiophene rings is 1. The number of hydrogen-bond acceptors (Lipinski definition) is 3. The summed E-state index contributed by atoms with van der Waals surface area (Å²) in [7, 11) is 0. The fraction of sp³-hybridized carbons (Fsp3) is 0.684. The van der Waals surface area contributed by atoms with Crippen LogP contribution in [0.25, 0.3) is 0 Å². The molecule has 0 unspecified atom stereocenters. The molecule has 0 bridgehead atoms. The average molecular weight is 492 g/mol. The molecule has 1 aromatic heterocycles. The van der Waals surface area contributed by atoms with Crippen molar-refractivity contribution in [3.8, 4) is 0 Å². The predicted octanol–water partition coefficient (Wildman–Crippen LogP) is 3.82. The van der Waals surface area contributed by atoms with Gasteiger partial charge < -0.3 is 16.0 Å². The van der Waals surface area contributed by atoms with Crippen molar-refractivity contribution in [3.05, 3.63) is 21.9 Å². The molecule has 26 heavy (non-hydrogen) atoms. The Bertz CT molecular complexity index is 555. The van der Waals surface area contributed by atoms with Crippen LogP contribution in [0, 0.1) is 12.8 Å². The molecule has 0 aliphatic heterocycles. The molecule has 1 amide bonds. The summed E-state index contributed by atoms with van der Waals surface area (Å²) in [5.41, 5.74) is 1.29. The van der Waals surface area contributed by atoms with Gasteiger partial charge in [-0.15, -0.1) is 35.3 Å². The average Bonchev–Trinajstić information content (AvgIpc) is 3.02. The maximum Gasteiger partial charge on any atom is 0.220 e. The minimum Gasteiger partial charge on any atom is -0.357 e. The van der Waals surface area contributed by atoms with E-state index in [2.05, 4.69) is 46.2 Å². The molecule has 1 aliphatic carbocycles. The Morgan fingerprint density at radius 2 is 1.92 bits per heavy atom. The predicted molar refractivity (Wildman–Crippen MR) is 121 cm³/mol. The minimum atomic E-state index is 0. The minimum absolute atomic E-state index is 0. The van der Waals surface area contributed by atoms with Crippen LogP contribution in [0.5, 0.6) is 0 Å². The third-order valence-electron chi connectivity index (χ3n) is 4.63. The zero-order chi connectivity index (χ0) is 17.9. The van der Waals surface area contributed by atoms with Crippen molar-refractivity contribution in [1.82, 2.24) is 16.0 Å². The number of guanidine groups is 1. The Morgan fingerprint density at radius 3 is 2.58 bits per heavy atom. The maximum atomic E-state index is 12.0. The molecular formula is C19H33IN4OS. The van der Waals surface area contributed by atoms with Gasteiger partial charge in [-0.1, -0.05) is 19.3 Å². The van der Waals surface area contributed by atoms with E-state index in [4.69, 9.17) is 0 Å². The second-order valence-electron chi connectivity index (χ2n) is 6.71. The number of carbonyl (C=O) groups is 1. The van der Waals surface area contributed by atoms with Crippen LogP contribution >= 0.6 is 35.3 Å². The first-order valence-corrected chi connectivity index (χ1v) is 10.4. The summed E-state index contributed by atoms with van der Waals surface area (Å²) < 4.78 is 0. The number of rotatable bonds is 8. The largest absolute Gasteiger partial charge is 0.357 e. The number of halogens is 1. The number of hydrogen-bond donors (Lipinski definition) is 3. The SMILES string of the molecule is CCNC(=NCc1sccc1C)NCCNC(=O)CC1CCCCC1.I. The highest BCUT2D eigenvalue weighted by Gasteiger charge is 2.16. The molecule has 0 aromatic carbocycles. The standard InChI is InChI=1S/C19H32N4OS.HI/c1-3-20-19(23-14-17-15(2)9-12-25-17)22-11-10-21-18(24)13-16-7-5-4-6-8-16;/h9,12,16H,3-8,10-11,13-14H2,1-2H3,(H,21,24)(H2,20,22,23);1H. The van der Waals surface area contributed by atoms with E-state index in [0.29, 0.717) is 32.0 Å². The molecule has 1 fully saturated rings. The quantitative estimate of drug-likeness (QED) is 0.224. The summed E-state index contributed by atoms with van der Waals surface area (Å²) >= 11 is 1.74. The number of nitrogens with one attached hydrogen (secondary N) is 3. The normalized spacial score (nSPS) is 15.2. The van der Waals surface area contributed by atoms with E-state index >= 15 is 0 Å². The highest BCUT2D eigenvalue weighted by Crippen LogP contribution is 2.25. The van der Waals surface area contributed by atoms with Crippen molar-refractivity contribution < 1.29 is 4.79 Å². The Labute approximate surface area is 178 Å². The topological polar surface area (TPSA) is 65.5 Å². The van der Waals surface area contributed by atoms with Gasteiger partial charge in [-0.25, -0.2) is 4.99 Å². The molecule has 1 saturated carbocycles. The van der Waals surface area contributed by atoms with Crippen LogP contribution in [0.1, 0.15) is 55.9 Å². The van der Waals surface area contributed by atoms with Gasteiger partial charge in [-0.3, -0.25) is 4.79 Å². The highest BCUT2D eigenvalue weighted by atomic mass is 127. The second-order valence-corrected chi connectivity index (χ2v) is 7.71. The Balaban J connectivity index is 0.00000338. The van der Waals surface area contributed by atoms with Crippen molar-refractivity contribution >= 4 is 47.2 Å². The van der Waals surface area contributed by atoms with Crippen molar-refractivity contribution in [2.24, 2.45) is 10.9 Å². The van der Waals surface area contributed by atoms with Gasteiger partial charge in [0.15, 0.2) is 5.96 Å². The van der Waals surface area contributed by atoms with E-state index in [1.807, 2.05) is 0 Å². The Hall–Kier alpha value is -0.830. The zero-order valence-electron chi connectivity index (χ0n) is 16.0. The van der Waals surface area contributed by atoms with Crippen LogP contribution in [0.3, 0.4) is 0 Å². The van der Waals surface area contributed by atoms with Crippen LogP contribution in [-0.4, -0.2) is 31.5 Å². The molecule has 5 nitrogen and oxygen atoms in total. The van der Waals surface area contributed by atoms with Crippen molar-refractivity contribution in [2.45, 2.75) is 58.9 Å². The third kappa shape index (κ3) is 8.70. The molecular weight excluding hydrogens is 459 g/mol. The third-order valence-corrected chi connectivity index (χ3v) is 5.64. The van der Waals surface area contributed by atoms with E-state index in [-0.39, 0.29) is 29.9 Å². The number of aryl methyl sites for hydroxylation is 1. The first-order chi connectivity index (χ1) is 12.2. The summed E-state index contributed by atoms with van der Waals surface area (Å²) in [6.45, 7) is 7.00. The molecule has 0 spiro atoms. The number of amides is 1. The number of nitrogens with zero attached hydrogens (tertiary/aromatic N) is 1. The molecule has 148 valence electrons. The maximum absolute atomic E-state index is 12.0. The van der Waals surface area contributed by atoms with Gasteiger partial charge in [0, 0.05) is 30.9 Å². The lowest BCUT2D eigenvalue weighted by Crippen LogP contribution is -2.41. The molecule has 0 atom stereocenters. The van der Waals surface area contributed by atoms with Crippen molar-refractivity contribution in [2.75, 3.05) is 19.6 Å². The lowest BCUT2D eigenvalue weighted by molar-refractivity contribution is -0.122. The number of aliphatic imine (C=N–C) groups is 1. The lowest BCUT2D eigenvalue weighted by atomic mass is 9.87.